The standard InChI is InChI=1S/C17H19N5O3S/c1-3-5-11-8-15(23)20-17(18-11)22-14(19-16(24)10-25-2)9-12(21-22)13-6-4-7-26-13/h4,6-9H,3,5,10H2,1-2H3,(H,19,24)(H,18,20,23). The number of thiophene rings is 1. The van der Waals surface area contributed by atoms with Gasteiger partial charge in [-0.15, -0.1) is 11.3 Å². The Morgan fingerprint density at radius 3 is 2.96 bits per heavy atom. The number of aromatic amines is 1. The Labute approximate surface area is 153 Å². The molecule has 3 aromatic rings. The van der Waals surface area contributed by atoms with Gasteiger partial charge in [-0.3, -0.25) is 14.6 Å². The average molecular weight is 373 g/mol. The molecule has 0 bridgehead atoms. The van der Waals surface area contributed by atoms with E-state index in [-0.39, 0.29) is 24.0 Å². The van der Waals surface area contributed by atoms with Crippen LogP contribution in [0.5, 0.6) is 0 Å². The number of ether oxygens (including phenoxy) is 1. The lowest BCUT2D eigenvalue weighted by Gasteiger charge is -2.08. The number of H-pyrrole nitrogens is 1. The molecule has 0 unspecified atom stereocenters. The van der Waals surface area contributed by atoms with Crippen molar-refractivity contribution in [2.45, 2.75) is 19.8 Å². The summed E-state index contributed by atoms with van der Waals surface area (Å²) in [4.78, 5) is 32.0. The van der Waals surface area contributed by atoms with Gasteiger partial charge in [-0.2, -0.15) is 9.78 Å². The van der Waals surface area contributed by atoms with Crippen LogP contribution in [0.1, 0.15) is 19.0 Å². The maximum Gasteiger partial charge on any atom is 0.252 e. The van der Waals surface area contributed by atoms with Crippen molar-refractivity contribution >= 4 is 23.1 Å². The molecule has 1 amide bonds. The molecule has 9 heteroatoms. The normalized spacial score (nSPS) is 10.8. The molecule has 0 atom stereocenters. The van der Waals surface area contributed by atoms with Crippen molar-refractivity contribution in [2.75, 3.05) is 19.0 Å². The number of carbonyl (C=O) groups excluding carboxylic acids is 1. The van der Waals surface area contributed by atoms with Crippen molar-refractivity contribution in [1.82, 2.24) is 19.7 Å². The zero-order chi connectivity index (χ0) is 18.5. The molecule has 0 aliphatic carbocycles. The summed E-state index contributed by atoms with van der Waals surface area (Å²) in [6.45, 7) is 1.93. The first-order chi connectivity index (χ1) is 12.6. The van der Waals surface area contributed by atoms with Crippen LogP contribution in [-0.2, 0) is 16.0 Å². The van der Waals surface area contributed by atoms with Gasteiger partial charge in [0.05, 0.1) is 4.88 Å². The van der Waals surface area contributed by atoms with Gasteiger partial charge >= 0.3 is 0 Å². The smallest absolute Gasteiger partial charge is 0.252 e. The Hall–Kier alpha value is -2.78. The lowest BCUT2D eigenvalue weighted by atomic mass is 10.2. The quantitative estimate of drug-likeness (QED) is 0.661. The molecule has 0 aliphatic heterocycles. The van der Waals surface area contributed by atoms with E-state index in [1.54, 1.807) is 6.07 Å². The topological polar surface area (TPSA) is 102 Å². The molecular weight excluding hydrogens is 354 g/mol. The molecule has 0 radical (unpaired) electrons. The lowest BCUT2D eigenvalue weighted by Crippen LogP contribution is -2.21. The predicted molar refractivity (Wildman–Crippen MR) is 99.8 cm³/mol. The molecule has 26 heavy (non-hydrogen) atoms. The Morgan fingerprint density at radius 1 is 1.42 bits per heavy atom. The molecule has 0 aliphatic rings. The largest absolute Gasteiger partial charge is 0.375 e. The van der Waals surface area contributed by atoms with Crippen LogP contribution in [0.25, 0.3) is 16.5 Å². The van der Waals surface area contributed by atoms with Gasteiger partial charge in [0.25, 0.3) is 11.5 Å². The van der Waals surface area contributed by atoms with Crippen LogP contribution in [0.3, 0.4) is 0 Å². The second-order valence-corrected chi connectivity index (χ2v) is 6.54. The lowest BCUT2D eigenvalue weighted by molar-refractivity contribution is -0.119. The van der Waals surface area contributed by atoms with E-state index in [1.165, 1.54) is 29.2 Å². The van der Waals surface area contributed by atoms with E-state index in [4.69, 9.17) is 4.74 Å². The third kappa shape index (κ3) is 4.06. The Kier molecular flexibility index (Phi) is 5.59. The molecule has 8 nitrogen and oxygen atoms in total. The number of nitrogens with one attached hydrogen (secondary N) is 2. The summed E-state index contributed by atoms with van der Waals surface area (Å²) in [6.07, 6.45) is 1.55. The highest BCUT2D eigenvalue weighted by molar-refractivity contribution is 7.13. The van der Waals surface area contributed by atoms with E-state index in [1.807, 2.05) is 24.4 Å². The second-order valence-electron chi connectivity index (χ2n) is 5.60. The molecular formula is C17H19N5O3S. The van der Waals surface area contributed by atoms with E-state index in [0.29, 0.717) is 23.6 Å². The Balaban J connectivity index is 2.06. The minimum absolute atomic E-state index is 0.0840. The van der Waals surface area contributed by atoms with E-state index in [9.17, 15) is 9.59 Å². The van der Waals surface area contributed by atoms with E-state index in [2.05, 4.69) is 20.4 Å². The molecule has 0 saturated carbocycles. The van der Waals surface area contributed by atoms with Crippen molar-refractivity contribution in [2.24, 2.45) is 0 Å². The summed E-state index contributed by atoms with van der Waals surface area (Å²) in [5.74, 6) is 0.349. The van der Waals surface area contributed by atoms with Crippen LogP contribution >= 0.6 is 11.3 Å². The van der Waals surface area contributed by atoms with Crippen LogP contribution in [0, 0.1) is 0 Å². The van der Waals surface area contributed by atoms with E-state index in [0.717, 1.165) is 11.3 Å². The van der Waals surface area contributed by atoms with Gasteiger partial charge < -0.3 is 10.1 Å². The predicted octanol–water partition coefficient (Wildman–Crippen LogP) is 2.22. The van der Waals surface area contributed by atoms with Crippen LogP contribution in [-0.4, -0.2) is 39.4 Å². The van der Waals surface area contributed by atoms with Gasteiger partial charge in [0, 0.05) is 24.9 Å². The summed E-state index contributed by atoms with van der Waals surface area (Å²) >= 11 is 1.53. The number of rotatable bonds is 7. The second kappa shape index (κ2) is 8.07. The number of aryl methyl sites for hydroxylation is 1. The monoisotopic (exact) mass is 373 g/mol. The van der Waals surface area contributed by atoms with Crippen LogP contribution < -0.4 is 10.9 Å². The van der Waals surface area contributed by atoms with Crippen molar-refractivity contribution in [3.63, 3.8) is 0 Å². The number of methoxy groups -OCH3 is 1. The zero-order valence-electron chi connectivity index (χ0n) is 14.5. The molecule has 0 fully saturated rings. The highest BCUT2D eigenvalue weighted by atomic mass is 32.1. The van der Waals surface area contributed by atoms with Gasteiger partial charge in [0.2, 0.25) is 5.95 Å². The summed E-state index contributed by atoms with van der Waals surface area (Å²) in [5, 5.41) is 9.20. The maximum absolute atomic E-state index is 12.0. The van der Waals surface area contributed by atoms with Crippen LogP contribution in [0.15, 0.2) is 34.4 Å². The summed E-state index contributed by atoms with van der Waals surface area (Å²) in [7, 11) is 1.45. The first kappa shape index (κ1) is 18.0. The molecule has 3 aromatic heterocycles. The molecule has 0 saturated heterocycles. The molecule has 0 spiro atoms. The summed E-state index contributed by atoms with van der Waals surface area (Å²) in [6, 6.07) is 7.07. The van der Waals surface area contributed by atoms with Gasteiger partial charge in [-0.05, 0) is 17.9 Å². The summed E-state index contributed by atoms with van der Waals surface area (Å²) < 4.78 is 6.29. The zero-order valence-corrected chi connectivity index (χ0v) is 15.3. The summed E-state index contributed by atoms with van der Waals surface area (Å²) in [5.41, 5.74) is 1.09. The molecule has 3 heterocycles. The number of hydrogen-bond donors (Lipinski definition) is 2. The molecule has 136 valence electrons. The first-order valence-corrected chi connectivity index (χ1v) is 9.02. The number of aromatic nitrogens is 4. The van der Waals surface area contributed by atoms with E-state index >= 15 is 0 Å². The van der Waals surface area contributed by atoms with Crippen LogP contribution in [0.2, 0.25) is 0 Å². The van der Waals surface area contributed by atoms with E-state index < -0.39 is 0 Å². The SMILES string of the molecule is CCCc1cc(=O)[nH]c(-n2nc(-c3cccs3)cc2NC(=O)COC)n1. The fraction of sp³-hybridized carbons (Fsp3) is 0.294. The number of hydrogen-bond acceptors (Lipinski definition) is 6. The fourth-order valence-electron chi connectivity index (χ4n) is 2.46. The van der Waals surface area contributed by atoms with Gasteiger partial charge in [0.15, 0.2) is 0 Å². The minimum atomic E-state index is -0.321. The maximum atomic E-state index is 12.0. The van der Waals surface area contributed by atoms with Crippen molar-refractivity contribution in [3.05, 3.63) is 45.7 Å². The van der Waals surface area contributed by atoms with Crippen molar-refractivity contribution < 1.29 is 9.53 Å². The average Bonchev–Trinajstić information content (AvgIpc) is 3.24. The third-order valence-electron chi connectivity index (χ3n) is 3.51. The highest BCUT2D eigenvalue weighted by Gasteiger charge is 2.16. The van der Waals surface area contributed by atoms with Crippen LogP contribution in [0.4, 0.5) is 5.82 Å². The number of amides is 1. The minimum Gasteiger partial charge on any atom is -0.375 e. The number of anilines is 1. The number of nitrogens with zero attached hydrogens (tertiary/aromatic N) is 3. The molecule has 2 N–H and O–H groups in total. The van der Waals surface area contributed by atoms with Gasteiger partial charge in [-0.25, -0.2) is 4.98 Å². The van der Waals surface area contributed by atoms with Gasteiger partial charge in [0.1, 0.15) is 18.1 Å². The molecule has 0 aromatic carbocycles. The number of carbonyl (C=O) groups is 1. The van der Waals surface area contributed by atoms with Crippen molar-refractivity contribution in [1.29, 1.82) is 0 Å². The Bertz CT molecular complexity index is 946. The Morgan fingerprint density at radius 2 is 2.27 bits per heavy atom. The van der Waals surface area contributed by atoms with Gasteiger partial charge in [-0.1, -0.05) is 19.4 Å². The third-order valence-corrected chi connectivity index (χ3v) is 4.41. The fourth-order valence-corrected chi connectivity index (χ4v) is 3.15. The molecule has 3 rings (SSSR count). The first-order valence-electron chi connectivity index (χ1n) is 8.14. The highest BCUT2D eigenvalue weighted by Crippen LogP contribution is 2.27. The van der Waals surface area contributed by atoms with Crippen molar-refractivity contribution in [3.8, 4) is 16.5 Å².